The van der Waals surface area contributed by atoms with Crippen molar-refractivity contribution in [3.05, 3.63) is 53.1 Å². The van der Waals surface area contributed by atoms with Crippen LogP contribution in [0.4, 0.5) is 23.7 Å². The Balaban J connectivity index is 2.07. The summed E-state index contributed by atoms with van der Waals surface area (Å²) in [6, 6.07) is 1.91. The van der Waals surface area contributed by atoms with Crippen LogP contribution in [0.2, 0.25) is 5.02 Å². The maximum absolute atomic E-state index is 12.9. The van der Waals surface area contributed by atoms with Crippen molar-refractivity contribution in [3.63, 3.8) is 0 Å². The number of imide groups is 1. The van der Waals surface area contributed by atoms with E-state index in [0.717, 1.165) is 6.07 Å². The third-order valence-electron chi connectivity index (χ3n) is 3.42. The van der Waals surface area contributed by atoms with E-state index in [1.54, 1.807) is 12.2 Å². The molecule has 1 atom stereocenters. The fourth-order valence-electron chi connectivity index (χ4n) is 2.35. The second-order valence-corrected chi connectivity index (χ2v) is 5.28. The Kier molecular flexibility index (Phi) is 3.60. The van der Waals surface area contributed by atoms with Gasteiger partial charge in [0.1, 0.15) is 0 Å². The number of halogens is 4. The summed E-state index contributed by atoms with van der Waals surface area (Å²) in [5.74, 6) is -1.45. The minimum Gasteiger partial charge on any atom is -0.273 e. The van der Waals surface area contributed by atoms with Crippen LogP contribution in [0.5, 0.6) is 0 Å². The smallest absolute Gasteiger partial charge is 0.273 e. The van der Waals surface area contributed by atoms with Crippen LogP contribution < -0.4 is 4.90 Å². The molecule has 0 saturated heterocycles. The summed E-state index contributed by atoms with van der Waals surface area (Å²) in [6.07, 6.45) is 1.58. The lowest BCUT2D eigenvalue weighted by atomic mass is 9.95. The number of aliphatic imine (C=N–C) groups is 1. The summed E-state index contributed by atoms with van der Waals surface area (Å²) in [5, 5.41) is -0.511. The van der Waals surface area contributed by atoms with Crippen molar-refractivity contribution in [3.8, 4) is 0 Å². The van der Waals surface area contributed by atoms with Crippen LogP contribution in [-0.2, 0) is 11.0 Å². The van der Waals surface area contributed by atoms with Gasteiger partial charge < -0.3 is 0 Å². The van der Waals surface area contributed by atoms with Crippen LogP contribution in [0.1, 0.15) is 5.56 Å². The predicted octanol–water partition coefficient (Wildman–Crippen LogP) is 4.01. The third kappa shape index (κ3) is 2.68. The average Bonchev–Trinajstić information content (AvgIpc) is 2.47. The van der Waals surface area contributed by atoms with Crippen molar-refractivity contribution in [1.29, 1.82) is 0 Å². The molecule has 1 aromatic rings. The van der Waals surface area contributed by atoms with Crippen LogP contribution in [0.25, 0.3) is 0 Å². The Bertz CT molecular complexity index is 796. The molecule has 23 heavy (non-hydrogen) atoms. The number of anilines is 1. The van der Waals surface area contributed by atoms with E-state index in [0.29, 0.717) is 11.0 Å². The SMILES string of the molecule is O=C1N=C2C=CC=CC2C(=O)N1c1ccc(Cl)c(C(F)(F)F)c1. The number of hydrogen-bond donors (Lipinski definition) is 0. The summed E-state index contributed by atoms with van der Waals surface area (Å²) in [6.45, 7) is 0. The quantitative estimate of drug-likeness (QED) is 0.775. The number of amides is 3. The Morgan fingerprint density at radius 3 is 2.61 bits per heavy atom. The van der Waals surface area contributed by atoms with Crippen LogP contribution in [0.3, 0.4) is 0 Å². The third-order valence-corrected chi connectivity index (χ3v) is 3.75. The number of nitrogens with zero attached hydrogens (tertiary/aromatic N) is 2. The van der Waals surface area contributed by atoms with Crippen LogP contribution in [-0.4, -0.2) is 17.6 Å². The van der Waals surface area contributed by atoms with Crippen LogP contribution >= 0.6 is 11.6 Å². The van der Waals surface area contributed by atoms with Crippen molar-refractivity contribution >= 4 is 34.9 Å². The van der Waals surface area contributed by atoms with Gasteiger partial charge in [-0.1, -0.05) is 29.8 Å². The predicted molar refractivity (Wildman–Crippen MR) is 78.5 cm³/mol. The van der Waals surface area contributed by atoms with Gasteiger partial charge in [0, 0.05) is 0 Å². The molecule has 1 unspecified atom stereocenters. The number of carbonyl (C=O) groups is 2. The number of allylic oxidation sites excluding steroid dienone is 3. The van der Waals surface area contributed by atoms with E-state index >= 15 is 0 Å². The van der Waals surface area contributed by atoms with Gasteiger partial charge in [-0.05, 0) is 24.3 Å². The summed E-state index contributed by atoms with van der Waals surface area (Å²) in [5.41, 5.74) is -1.07. The Labute approximate surface area is 133 Å². The minimum atomic E-state index is -4.70. The summed E-state index contributed by atoms with van der Waals surface area (Å²) in [4.78, 5) is 28.9. The summed E-state index contributed by atoms with van der Waals surface area (Å²) >= 11 is 5.55. The zero-order chi connectivity index (χ0) is 16.8. The van der Waals surface area contributed by atoms with E-state index < -0.39 is 34.6 Å². The first-order chi connectivity index (χ1) is 10.8. The molecular weight excluding hydrogens is 333 g/mol. The molecule has 0 bridgehead atoms. The van der Waals surface area contributed by atoms with Gasteiger partial charge in [0.2, 0.25) is 5.91 Å². The average molecular weight is 341 g/mol. The number of hydrogen-bond acceptors (Lipinski definition) is 2. The van der Waals surface area contributed by atoms with Gasteiger partial charge in [0.25, 0.3) is 0 Å². The molecule has 3 rings (SSSR count). The largest absolute Gasteiger partial charge is 0.417 e. The zero-order valence-corrected chi connectivity index (χ0v) is 12.1. The highest BCUT2D eigenvalue weighted by atomic mass is 35.5. The molecule has 1 aromatic carbocycles. The molecule has 3 amide bonds. The van der Waals surface area contributed by atoms with Gasteiger partial charge in [-0.3, -0.25) is 4.79 Å². The van der Waals surface area contributed by atoms with Gasteiger partial charge in [-0.25, -0.2) is 9.69 Å². The number of rotatable bonds is 1. The maximum Gasteiger partial charge on any atom is 0.417 e. The summed E-state index contributed by atoms with van der Waals surface area (Å²) in [7, 11) is 0. The lowest BCUT2D eigenvalue weighted by Gasteiger charge is -2.28. The molecular formula is C15H8ClF3N2O2. The summed E-state index contributed by atoms with van der Waals surface area (Å²) < 4.78 is 38.8. The van der Waals surface area contributed by atoms with Crippen molar-refractivity contribution in [2.24, 2.45) is 10.9 Å². The zero-order valence-electron chi connectivity index (χ0n) is 11.3. The molecule has 118 valence electrons. The second kappa shape index (κ2) is 5.34. The highest BCUT2D eigenvalue weighted by Gasteiger charge is 2.39. The molecule has 8 heteroatoms. The Morgan fingerprint density at radius 2 is 1.91 bits per heavy atom. The van der Waals surface area contributed by atoms with Crippen molar-refractivity contribution in [2.45, 2.75) is 6.18 Å². The molecule has 0 spiro atoms. The van der Waals surface area contributed by atoms with E-state index in [9.17, 15) is 22.8 Å². The van der Waals surface area contributed by atoms with E-state index in [1.807, 2.05) is 0 Å². The first-order valence-corrected chi connectivity index (χ1v) is 6.85. The van der Waals surface area contributed by atoms with E-state index in [1.165, 1.54) is 18.2 Å². The molecule has 0 radical (unpaired) electrons. The van der Waals surface area contributed by atoms with E-state index in [4.69, 9.17) is 11.6 Å². The topological polar surface area (TPSA) is 49.7 Å². The lowest BCUT2D eigenvalue weighted by Crippen LogP contribution is -2.46. The van der Waals surface area contributed by atoms with Gasteiger partial charge in [-0.15, -0.1) is 0 Å². The molecule has 1 aliphatic carbocycles. The van der Waals surface area contributed by atoms with Gasteiger partial charge >= 0.3 is 12.2 Å². The lowest BCUT2D eigenvalue weighted by molar-refractivity contribution is -0.137. The van der Waals surface area contributed by atoms with Gasteiger partial charge in [0.05, 0.1) is 27.9 Å². The minimum absolute atomic E-state index is 0.220. The second-order valence-electron chi connectivity index (χ2n) is 4.88. The number of fused-ring (bicyclic) bond motifs is 1. The molecule has 1 heterocycles. The van der Waals surface area contributed by atoms with E-state index in [2.05, 4.69) is 4.99 Å². The number of urea groups is 1. The first-order valence-electron chi connectivity index (χ1n) is 6.47. The van der Waals surface area contributed by atoms with Crippen LogP contribution in [0.15, 0.2) is 47.5 Å². The van der Waals surface area contributed by atoms with Crippen molar-refractivity contribution in [2.75, 3.05) is 4.90 Å². The monoisotopic (exact) mass is 340 g/mol. The van der Waals surface area contributed by atoms with Gasteiger partial charge in [0.15, 0.2) is 0 Å². The molecule has 2 aliphatic rings. The highest BCUT2D eigenvalue weighted by Crippen LogP contribution is 2.37. The molecule has 0 aromatic heterocycles. The highest BCUT2D eigenvalue weighted by molar-refractivity contribution is 6.32. The number of benzene rings is 1. The van der Waals surface area contributed by atoms with Gasteiger partial charge in [-0.2, -0.15) is 18.2 Å². The molecule has 4 nitrogen and oxygen atoms in total. The molecule has 1 aliphatic heterocycles. The molecule has 0 fully saturated rings. The standard InChI is InChI=1S/C15H8ClF3N2O2/c16-11-6-5-8(7-10(11)15(17,18)19)21-13(22)9-3-1-2-4-12(9)20-14(21)23/h1-7,9H. The maximum atomic E-state index is 12.9. The molecule has 0 saturated carbocycles. The van der Waals surface area contributed by atoms with Crippen molar-refractivity contribution in [1.82, 2.24) is 0 Å². The Morgan fingerprint density at radius 1 is 1.17 bits per heavy atom. The van der Waals surface area contributed by atoms with E-state index in [-0.39, 0.29) is 11.4 Å². The fourth-order valence-corrected chi connectivity index (χ4v) is 2.57. The van der Waals surface area contributed by atoms with Crippen molar-refractivity contribution < 1.29 is 22.8 Å². The fraction of sp³-hybridized carbons (Fsp3) is 0.133. The van der Waals surface area contributed by atoms with Crippen LogP contribution in [0, 0.1) is 5.92 Å². The Hall–Kier alpha value is -2.41. The number of carbonyl (C=O) groups excluding carboxylic acids is 2. The molecule has 0 N–H and O–H groups in total. The first kappa shape index (κ1) is 15.5. The normalized spacial score (nSPS) is 20.6. The number of alkyl halides is 3.